The number of aryl methyl sites for hydroxylation is 1. The molecule has 118 valence electrons. The average molecular weight is 302 g/mol. The van der Waals surface area contributed by atoms with Crippen molar-refractivity contribution in [2.75, 3.05) is 6.61 Å². The Balaban J connectivity index is 2.67. The predicted molar refractivity (Wildman–Crippen MR) is 83.2 cm³/mol. The van der Waals surface area contributed by atoms with Crippen molar-refractivity contribution in [2.45, 2.75) is 40.2 Å². The number of benzene rings is 1. The summed E-state index contributed by atoms with van der Waals surface area (Å²) >= 11 is 0. The standard InChI is InChI=1S/C17H22N2O3/c1-11(2)17(5,10-18)19-15(20)9-22-16(21)14-8-6-7-12(3)13(14)4/h6-8,11H,9H2,1-5H3,(H,19,20)/t17-/m1/s1. The van der Waals surface area contributed by atoms with E-state index in [1.807, 2.05) is 33.8 Å². The summed E-state index contributed by atoms with van der Waals surface area (Å²) in [6.07, 6.45) is 0. The van der Waals surface area contributed by atoms with Gasteiger partial charge < -0.3 is 10.1 Å². The molecule has 5 heteroatoms. The van der Waals surface area contributed by atoms with Crippen LogP contribution in [-0.4, -0.2) is 24.0 Å². The Morgan fingerprint density at radius 1 is 1.36 bits per heavy atom. The smallest absolute Gasteiger partial charge is 0.338 e. The molecule has 0 aliphatic heterocycles. The van der Waals surface area contributed by atoms with Crippen LogP contribution in [0.5, 0.6) is 0 Å². The Morgan fingerprint density at radius 3 is 2.55 bits per heavy atom. The number of nitrogens with one attached hydrogen (secondary N) is 1. The molecular formula is C17H22N2O3. The van der Waals surface area contributed by atoms with Crippen LogP contribution in [0.3, 0.4) is 0 Å². The maximum atomic E-state index is 12.0. The van der Waals surface area contributed by atoms with Gasteiger partial charge in [0.15, 0.2) is 6.61 Å². The van der Waals surface area contributed by atoms with E-state index in [4.69, 9.17) is 10.00 Å². The largest absolute Gasteiger partial charge is 0.452 e. The number of hydrogen-bond donors (Lipinski definition) is 1. The molecule has 1 aromatic carbocycles. The summed E-state index contributed by atoms with van der Waals surface area (Å²) in [7, 11) is 0. The normalized spacial score (nSPS) is 13.1. The van der Waals surface area contributed by atoms with Crippen LogP contribution in [0.4, 0.5) is 0 Å². The van der Waals surface area contributed by atoms with Crippen molar-refractivity contribution in [3.63, 3.8) is 0 Å². The predicted octanol–water partition coefficient (Wildman–Crippen LogP) is 2.51. The number of carbonyl (C=O) groups is 2. The minimum atomic E-state index is -0.983. The number of nitrogens with zero attached hydrogens (tertiary/aromatic N) is 1. The van der Waals surface area contributed by atoms with Crippen LogP contribution in [0.15, 0.2) is 18.2 Å². The van der Waals surface area contributed by atoms with Gasteiger partial charge in [0.05, 0.1) is 11.6 Å². The molecule has 1 atom stereocenters. The maximum Gasteiger partial charge on any atom is 0.338 e. The first-order valence-electron chi connectivity index (χ1n) is 7.17. The number of esters is 1. The van der Waals surface area contributed by atoms with E-state index in [0.717, 1.165) is 11.1 Å². The van der Waals surface area contributed by atoms with Gasteiger partial charge in [-0.3, -0.25) is 4.79 Å². The molecule has 0 spiro atoms. The molecule has 0 radical (unpaired) electrons. The fraction of sp³-hybridized carbons (Fsp3) is 0.471. The summed E-state index contributed by atoms with van der Waals surface area (Å²) < 4.78 is 5.04. The molecule has 0 bridgehead atoms. The van der Waals surface area contributed by atoms with E-state index in [-0.39, 0.29) is 5.92 Å². The molecule has 0 heterocycles. The molecule has 1 rings (SSSR count). The average Bonchev–Trinajstić information content (AvgIpc) is 2.47. The van der Waals surface area contributed by atoms with Crippen LogP contribution in [-0.2, 0) is 9.53 Å². The second kappa shape index (κ2) is 7.08. The fourth-order valence-electron chi connectivity index (χ4n) is 1.81. The maximum absolute atomic E-state index is 12.0. The molecule has 1 aromatic rings. The number of hydrogen-bond acceptors (Lipinski definition) is 4. The molecule has 22 heavy (non-hydrogen) atoms. The van der Waals surface area contributed by atoms with Gasteiger partial charge in [0.25, 0.3) is 5.91 Å². The van der Waals surface area contributed by atoms with Crippen LogP contribution in [0.1, 0.15) is 42.3 Å². The lowest BCUT2D eigenvalue weighted by Crippen LogP contribution is -2.50. The lowest BCUT2D eigenvalue weighted by atomic mass is 9.90. The van der Waals surface area contributed by atoms with E-state index in [1.165, 1.54) is 0 Å². The highest BCUT2D eigenvalue weighted by molar-refractivity contribution is 5.93. The van der Waals surface area contributed by atoms with E-state index >= 15 is 0 Å². The monoisotopic (exact) mass is 302 g/mol. The first kappa shape index (κ1) is 17.7. The molecule has 0 fully saturated rings. The summed E-state index contributed by atoms with van der Waals surface area (Å²) in [6.45, 7) is 8.65. The first-order chi connectivity index (χ1) is 10.2. The number of amides is 1. The topological polar surface area (TPSA) is 79.2 Å². The molecule has 0 aliphatic carbocycles. The van der Waals surface area contributed by atoms with Gasteiger partial charge in [-0.15, -0.1) is 0 Å². The Kier molecular flexibility index (Phi) is 5.69. The quantitative estimate of drug-likeness (QED) is 0.848. The summed E-state index contributed by atoms with van der Waals surface area (Å²) in [5, 5.41) is 11.8. The van der Waals surface area contributed by atoms with Crippen molar-refractivity contribution < 1.29 is 14.3 Å². The van der Waals surface area contributed by atoms with E-state index in [0.29, 0.717) is 5.56 Å². The first-order valence-corrected chi connectivity index (χ1v) is 7.17. The molecular weight excluding hydrogens is 280 g/mol. The van der Waals surface area contributed by atoms with Gasteiger partial charge in [-0.25, -0.2) is 4.79 Å². The second-order valence-electron chi connectivity index (χ2n) is 5.84. The third-order valence-corrected chi connectivity index (χ3v) is 3.94. The minimum absolute atomic E-state index is 0.0591. The number of nitriles is 1. The summed E-state index contributed by atoms with van der Waals surface area (Å²) in [5.41, 5.74) is 1.27. The van der Waals surface area contributed by atoms with Crippen molar-refractivity contribution in [1.82, 2.24) is 5.32 Å². The van der Waals surface area contributed by atoms with Crippen LogP contribution in [0.2, 0.25) is 0 Å². The fourth-order valence-corrected chi connectivity index (χ4v) is 1.81. The van der Waals surface area contributed by atoms with E-state index in [9.17, 15) is 9.59 Å². The van der Waals surface area contributed by atoms with E-state index in [2.05, 4.69) is 11.4 Å². The molecule has 0 aliphatic rings. The Morgan fingerprint density at radius 2 is 2.00 bits per heavy atom. The zero-order valence-corrected chi connectivity index (χ0v) is 13.7. The minimum Gasteiger partial charge on any atom is -0.452 e. The second-order valence-corrected chi connectivity index (χ2v) is 5.84. The molecule has 0 saturated carbocycles. The van der Waals surface area contributed by atoms with Crippen molar-refractivity contribution in [3.05, 3.63) is 34.9 Å². The van der Waals surface area contributed by atoms with Gasteiger partial charge in [-0.2, -0.15) is 5.26 Å². The molecule has 1 amide bonds. The van der Waals surface area contributed by atoms with Crippen molar-refractivity contribution in [3.8, 4) is 6.07 Å². The van der Waals surface area contributed by atoms with Crippen LogP contribution in [0, 0.1) is 31.1 Å². The third kappa shape index (κ3) is 4.08. The zero-order chi connectivity index (χ0) is 16.9. The number of carbonyl (C=O) groups excluding carboxylic acids is 2. The highest BCUT2D eigenvalue weighted by Gasteiger charge is 2.30. The van der Waals surface area contributed by atoms with Crippen LogP contribution < -0.4 is 5.32 Å². The number of ether oxygens (including phenoxy) is 1. The van der Waals surface area contributed by atoms with Crippen molar-refractivity contribution in [1.29, 1.82) is 5.26 Å². The summed E-state index contributed by atoms with van der Waals surface area (Å²) in [4.78, 5) is 23.9. The van der Waals surface area contributed by atoms with Gasteiger partial charge in [-0.1, -0.05) is 26.0 Å². The number of rotatable bonds is 5. The van der Waals surface area contributed by atoms with Crippen molar-refractivity contribution in [2.24, 2.45) is 5.92 Å². The highest BCUT2D eigenvalue weighted by Crippen LogP contribution is 2.16. The Bertz CT molecular complexity index is 617. The van der Waals surface area contributed by atoms with E-state index in [1.54, 1.807) is 19.1 Å². The van der Waals surface area contributed by atoms with Gasteiger partial charge in [0.1, 0.15) is 5.54 Å². The van der Waals surface area contributed by atoms with Gasteiger partial charge in [0, 0.05) is 0 Å². The van der Waals surface area contributed by atoms with Crippen LogP contribution in [0.25, 0.3) is 0 Å². The zero-order valence-electron chi connectivity index (χ0n) is 13.7. The van der Waals surface area contributed by atoms with E-state index < -0.39 is 24.0 Å². The molecule has 0 saturated heterocycles. The lowest BCUT2D eigenvalue weighted by molar-refractivity contribution is -0.125. The summed E-state index contributed by atoms with van der Waals surface area (Å²) in [5.74, 6) is -1.09. The molecule has 1 N–H and O–H groups in total. The third-order valence-electron chi connectivity index (χ3n) is 3.94. The molecule has 5 nitrogen and oxygen atoms in total. The SMILES string of the molecule is Cc1cccc(C(=O)OCC(=O)N[C@](C)(C#N)C(C)C)c1C. The van der Waals surface area contributed by atoms with Gasteiger partial charge in [0.2, 0.25) is 0 Å². The highest BCUT2D eigenvalue weighted by atomic mass is 16.5. The molecule has 0 aromatic heterocycles. The van der Waals surface area contributed by atoms with Crippen molar-refractivity contribution >= 4 is 11.9 Å². The lowest BCUT2D eigenvalue weighted by Gasteiger charge is -2.27. The van der Waals surface area contributed by atoms with Gasteiger partial charge >= 0.3 is 5.97 Å². The van der Waals surface area contributed by atoms with Crippen LogP contribution >= 0.6 is 0 Å². The molecule has 0 unspecified atom stereocenters. The summed E-state index contributed by atoms with van der Waals surface area (Å²) in [6, 6.07) is 7.41. The Labute approximate surface area is 131 Å². The van der Waals surface area contributed by atoms with Gasteiger partial charge in [-0.05, 0) is 43.9 Å². The Hall–Kier alpha value is -2.35.